The third-order valence-electron chi connectivity index (χ3n) is 3.93. The van der Waals surface area contributed by atoms with E-state index in [1.807, 2.05) is 0 Å². The summed E-state index contributed by atoms with van der Waals surface area (Å²) in [5.74, 6) is -3.65. The van der Waals surface area contributed by atoms with Gasteiger partial charge in [0, 0.05) is 30.8 Å². The maximum atomic E-state index is 13.6. The molecule has 1 amide bonds. The number of hydrogen-bond donors (Lipinski definition) is 4. The van der Waals surface area contributed by atoms with Gasteiger partial charge >= 0.3 is 7.32 Å². The molecule has 10 nitrogen and oxygen atoms in total. The summed E-state index contributed by atoms with van der Waals surface area (Å²) in [6.07, 6.45) is 1.54. The van der Waals surface area contributed by atoms with Crippen LogP contribution in [0.2, 0.25) is 0 Å². The molecule has 14 heteroatoms. The first-order valence-electron chi connectivity index (χ1n) is 8.67. The van der Waals surface area contributed by atoms with Gasteiger partial charge in [-0.1, -0.05) is 0 Å². The van der Waals surface area contributed by atoms with Crippen molar-refractivity contribution in [2.45, 2.75) is 38.4 Å². The van der Waals surface area contributed by atoms with Gasteiger partial charge in [0.1, 0.15) is 24.0 Å². The average molecular weight is 416 g/mol. The van der Waals surface area contributed by atoms with Gasteiger partial charge < -0.3 is 25.8 Å². The van der Waals surface area contributed by atoms with E-state index >= 15 is 0 Å². The van der Waals surface area contributed by atoms with Crippen molar-refractivity contribution in [2.75, 3.05) is 6.61 Å². The minimum Gasteiger partial charge on any atom is -0.402 e. The second-order valence-electron chi connectivity index (χ2n) is 6.12. The van der Waals surface area contributed by atoms with Gasteiger partial charge in [-0.05, 0) is 29.7 Å². The van der Waals surface area contributed by atoms with E-state index in [4.69, 9.17) is 15.8 Å². The van der Waals surface area contributed by atoms with E-state index in [9.17, 15) is 18.0 Å². The van der Waals surface area contributed by atoms with Gasteiger partial charge in [-0.25, -0.2) is 17.9 Å². The Balaban J connectivity index is 1.85. The smallest absolute Gasteiger partial charge is 0.402 e. The number of carbonyl (C=O) groups excluding carboxylic acids is 1. The van der Waals surface area contributed by atoms with Gasteiger partial charge in [0.2, 0.25) is 5.91 Å². The molecule has 0 saturated carbocycles. The van der Waals surface area contributed by atoms with E-state index in [-0.39, 0.29) is 19.0 Å². The number of tetrazole rings is 1. The molecule has 1 aromatic heterocycles. The quantitative estimate of drug-likeness (QED) is 0.285. The summed E-state index contributed by atoms with van der Waals surface area (Å²) in [4.78, 5) is 12.1. The first kappa shape index (κ1) is 22.7. The van der Waals surface area contributed by atoms with Crippen molar-refractivity contribution < 1.29 is 32.7 Å². The van der Waals surface area contributed by atoms with Gasteiger partial charge in [-0.3, -0.25) is 4.79 Å². The van der Waals surface area contributed by atoms with E-state index in [2.05, 4.69) is 25.5 Å². The Morgan fingerprint density at radius 1 is 1.28 bits per heavy atom. The van der Waals surface area contributed by atoms with E-state index in [1.165, 1.54) is 0 Å². The fourth-order valence-corrected chi connectivity index (χ4v) is 2.49. The second kappa shape index (κ2) is 10.9. The van der Waals surface area contributed by atoms with Crippen molar-refractivity contribution in [1.29, 1.82) is 0 Å². The zero-order valence-corrected chi connectivity index (χ0v) is 15.3. The van der Waals surface area contributed by atoms with Crippen molar-refractivity contribution >= 4 is 13.2 Å². The van der Waals surface area contributed by atoms with Crippen molar-refractivity contribution in [2.24, 2.45) is 5.73 Å². The van der Waals surface area contributed by atoms with Crippen molar-refractivity contribution in [3.05, 3.63) is 41.0 Å². The third-order valence-corrected chi connectivity index (χ3v) is 3.93. The monoisotopic (exact) mass is 416 g/mol. The van der Waals surface area contributed by atoms with Gasteiger partial charge in [0.15, 0.2) is 5.82 Å². The summed E-state index contributed by atoms with van der Waals surface area (Å²) in [7, 11) is -1.83. The molecular formula is C15H20BF3N6O4. The predicted octanol–water partition coefficient (Wildman–Crippen LogP) is -0.437. The first-order valence-corrected chi connectivity index (χ1v) is 8.67. The molecule has 158 valence electrons. The Morgan fingerprint density at radius 3 is 2.62 bits per heavy atom. The first-order chi connectivity index (χ1) is 13.8. The zero-order valence-electron chi connectivity index (χ0n) is 15.3. The lowest BCUT2D eigenvalue weighted by molar-refractivity contribution is -0.122. The maximum Gasteiger partial charge on any atom is 0.633 e. The Hall–Kier alpha value is -2.55. The molecule has 29 heavy (non-hydrogen) atoms. The molecule has 0 aliphatic rings. The number of nitrogens with two attached hydrogens (primary N) is 1. The number of amides is 1. The van der Waals surface area contributed by atoms with Crippen LogP contribution >= 0.6 is 0 Å². The summed E-state index contributed by atoms with van der Waals surface area (Å²) in [5.41, 5.74) is 5.54. The minimum absolute atomic E-state index is 0.133. The number of aromatic nitrogens is 4. The molecule has 0 aliphatic heterocycles. The molecule has 1 heterocycles. The number of unbranched alkanes of at least 4 members (excludes halogenated alkanes) is 1. The van der Waals surface area contributed by atoms with Crippen LogP contribution in [0.15, 0.2) is 12.1 Å². The second-order valence-corrected chi connectivity index (χ2v) is 6.12. The van der Waals surface area contributed by atoms with E-state index < -0.39 is 48.8 Å². The molecule has 1 atom stereocenters. The van der Waals surface area contributed by atoms with Crippen LogP contribution in [-0.4, -0.2) is 50.1 Å². The molecule has 2 aromatic rings. The molecule has 0 saturated heterocycles. The molecule has 2 rings (SSSR count). The van der Waals surface area contributed by atoms with Crippen LogP contribution in [-0.2, 0) is 22.5 Å². The highest BCUT2D eigenvalue weighted by atomic mass is 19.1. The molecule has 0 aliphatic carbocycles. The number of nitrogens with zero attached hydrogens (tertiary/aromatic N) is 4. The van der Waals surface area contributed by atoms with Crippen LogP contribution in [0.3, 0.4) is 0 Å². The van der Waals surface area contributed by atoms with Gasteiger partial charge in [0.05, 0.1) is 6.04 Å². The summed E-state index contributed by atoms with van der Waals surface area (Å²) >= 11 is 0. The lowest BCUT2D eigenvalue weighted by Crippen LogP contribution is -2.30. The standard InChI is InChI=1S/C15H20BF3N6O4/c17-9-5-11(18)10(12(19)6-9)7-21-14(26)8-25-15(22-23-24-25)13(20)3-1-2-4-29-16(27)28/h5-6,13,27-28H,1-4,7-8,20H2,(H,21,26). The largest absolute Gasteiger partial charge is 0.633 e. The van der Waals surface area contributed by atoms with Crippen LogP contribution in [0.1, 0.15) is 36.7 Å². The summed E-state index contributed by atoms with van der Waals surface area (Å²) < 4.78 is 45.9. The lowest BCUT2D eigenvalue weighted by Gasteiger charge is -2.12. The Kier molecular flexibility index (Phi) is 8.51. The van der Waals surface area contributed by atoms with Crippen LogP contribution in [0.25, 0.3) is 0 Å². The van der Waals surface area contributed by atoms with Gasteiger partial charge in [-0.15, -0.1) is 5.10 Å². The van der Waals surface area contributed by atoms with Crippen molar-refractivity contribution in [3.8, 4) is 0 Å². The van der Waals surface area contributed by atoms with E-state index in [1.54, 1.807) is 0 Å². The van der Waals surface area contributed by atoms with Crippen LogP contribution < -0.4 is 11.1 Å². The molecule has 0 radical (unpaired) electrons. The minimum atomic E-state index is -1.83. The van der Waals surface area contributed by atoms with Crippen LogP contribution in [0.4, 0.5) is 13.2 Å². The lowest BCUT2D eigenvalue weighted by atomic mass is 10.1. The zero-order chi connectivity index (χ0) is 21.4. The van der Waals surface area contributed by atoms with E-state index in [0.717, 1.165) is 4.68 Å². The fourth-order valence-electron chi connectivity index (χ4n) is 2.49. The summed E-state index contributed by atoms with van der Waals surface area (Å²) in [5, 5.41) is 30.4. The topological polar surface area (TPSA) is 148 Å². The van der Waals surface area contributed by atoms with Crippen LogP contribution in [0, 0.1) is 17.5 Å². The highest BCUT2D eigenvalue weighted by Gasteiger charge is 2.18. The number of halogens is 3. The predicted molar refractivity (Wildman–Crippen MR) is 92.9 cm³/mol. The SMILES string of the molecule is NC(CCCCOB(O)O)c1nnnn1CC(=O)NCc1c(F)cc(F)cc1F. The summed E-state index contributed by atoms with van der Waals surface area (Å²) in [6, 6.07) is 0.453. The molecule has 1 unspecified atom stereocenters. The third kappa shape index (κ3) is 7.09. The number of carbonyl (C=O) groups is 1. The molecule has 5 N–H and O–H groups in total. The fraction of sp³-hybridized carbons (Fsp3) is 0.467. The Morgan fingerprint density at radius 2 is 1.97 bits per heavy atom. The maximum absolute atomic E-state index is 13.6. The number of hydrogen-bond acceptors (Lipinski definition) is 8. The van der Waals surface area contributed by atoms with Gasteiger partial charge in [-0.2, -0.15) is 0 Å². The van der Waals surface area contributed by atoms with Gasteiger partial charge in [0.25, 0.3) is 0 Å². The molecular weight excluding hydrogens is 396 g/mol. The van der Waals surface area contributed by atoms with Crippen molar-refractivity contribution in [3.63, 3.8) is 0 Å². The summed E-state index contributed by atoms with van der Waals surface area (Å²) in [6.45, 7) is -0.675. The number of rotatable bonds is 11. The van der Waals surface area contributed by atoms with Crippen LogP contribution in [0.5, 0.6) is 0 Å². The molecule has 0 fully saturated rings. The number of benzene rings is 1. The highest BCUT2D eigenvalue weighted by Crippen LogP contribution is 2.15. The highest BCUT2D eigenvalue weighted by molar-refractivity contribution is 6.32. The van der Waals surface area contributed by atoms with E-state index in [0.29, 0.717) is 31.4 Å². The Labute approximate surface area is 164 Å². The van der Waals surface area contributed by atoms with Crippen molar-refractivity contribution in [1.82, 2.24) is 25.5 Å². The molecule has 0 bridgehead atoms. The Bertz CT molecular complexity index is 802. The normalized spacial score (nSPS) is 12.1. The average Bonchev–Trinajstić information content (AvgIpc) is 3.08. The number of nitrogens with one attached hydrogen (secondary N) is 1. The molecule has 0 spiro atoms. The molecule has 1 aromatic carbocycles.